The van der Waals surface area contributed by atoms with Crippen LogP contribution in [0.15, 0.2) is 17.3 Å². The molecule has 0 radical (unpaired) electrons. The summed E-state index contributed by atoms with van der Waals surface area (Å²) in [6.45, 7) is 1.75. The van der Waals surface area contributed by atoms with Crippen molar-refractivity contribution >= 4 is 27.5 Å². The molecule has 1 N–H and O–H groups in total. The van der Waals surface area contributed by atoms with Crippen LogP contribution in [0.2, 0.25) is 0 Å². The van der Waals surface area contributed by atoms with Gasteiger partial charge in [0, 0.05) is 6.20 Å². The number of aliphatic hydroxyl groups excluding tert-OH is 1. The van der Waals surface area contributed by atoms with Crippen LogP contribution >= 0.6 is 17.5 Å². The van der Waals surface area contributed by atoms with Gasteiger partial charge in [0.05, 0.1) is 12.6 Å². The van der Waals surface area contributed by atoms with Crippen molar-refractivity contribution < 1.29 is 13.5 Å². The van der Waals surface area contributed by atoms with E-state index in [1.807, 2.05) is 0 Å². The van der Waals surface area contributed by atoms with Crippen LogP contribution in [0.5, 0.6) is 0 Å². The van der Waals surface area contributed by atoms with E-state index in [0.29, 0.717) is 28.8 Å². The number of hydrogen-bond acceptors (Lipinski definition) is 4. The summed E-state index contributed by atoms with van der Waals surface area (Å²) in [5, 5.41) is 13.4. The van der Waals surface area contributed by atoms with Crippen molar-refractivity contribution in [3.63, 3.8) is 0 Å². The third kappa shape index (κ3) is 3.83. The van der Waals surface area contributed by atoms with Gasteiger partial charge in [-0.25, -0.2) is 8.42 Å². The maximum absolute atomic E-state index is 12.8. The van der Waals surface area contributed by atoms with Crippen LogP contribution in [0.25, 0.3) is 0 Å². The van der Waals surface area contributed by atoms with Crippen LogP contribution in [0, 0.1) is 0 Å². The molecule has 6 nitrogen and oxygen atoms in total. The van der Waals surface area contributed by atoms with Gasteiger partial charge in [0.2, 0.25) is 0 Å². The van der Waals surface area contributed by atoms with Crippen LogP contribution < -0.4 is 0 Å². The van der Waals surface area contributed by atoms with E-state index in [1.165, 1.54) is 4.68 Å². The topological polar surface area (TPSA) is 75.4 Å². The van der Waals surface area contributed by atoms with Crippen LogP contribution in [0.4, 0.5) is 0 Å². The Hall–Kier alpha value is -0.0600. The SMILES string of the molecule is C[C@@H](CO)n1ccc(S(=O)(=O)N(PC2CC2)PC2CC2)n1. The van der Waals surface area contributed by atoms with Crippen molar-refractivity contribution in [1.82, 2.24) is 13.6 Å². The highest BCUT2D eigenvalue weighted by atomic mass is 32.2. The fourth-order valence-electron chi connectivity index (χ4n) is 1.81. The van der Waals surface area contributed by atoms with Crippen molar-refractivity contribution in [2.75, 3.05) is 6.61 Å². The summed E-state index contributed by atoms with van der Waals surface area (Å²) in [6.07, 6.45) is 6.23. The normalized spacial score (nSPS) is 22.0. The Morgan fingerprint density at radius 3 is 2.43 bits per heavy atom. The highest BCUT2D eigenvalue weighted by Gasteiger charge is 2.37. The number of aromatic nitrogens is 2. The molecule has 2 aliphatic carbocycles. The number of sulfonamides is 1. The zero-order chi connectivity index (χ0) is 15.0. The van der Waals surface area contributed by atoms with Gasteiger partial charge in [0.25, 0.3) is 10.0 Å². The number of aliphatic hydroxyl groups is 1. The summed E-state index contributed by atoms with van der Waals surface area (Å²) < 4.78 is 28.8. The van der Waals surface area contributed by atoms with Gasteiger partial charge in [-0.15, -0.1) is 0 Å². The summed E-state index contributed by atoms with van der Waals surface area (Å²) >= 11 is 0. The Balaban J connectivity index is 1.79. The first-order valence-corrected chi connectivity index (χ1v) is 10.7. The molecule has 118 valence electrons. The van der Waals surface area contributed by atoms with Gasteiger partial charge >= 0.3 is 0 Å². The molecule has 1 aromatic heterocycles. The molecule has 0 aliphatic heterocycles. The highest BCUT2D eigenvalue weighted by molar-refractivity contribution is 7.97. The van der Waals surface area contributed by atoms with Crippen LogP contribution in [0.1, 0.15) is 38.6 Å². The number of hydrogen-bond donors (Lipinski definition) is 1. The molecule has 1 heterocycles. The molecule has 2 fully saturated rings. The van der Waals surface area contributed by atoms with Gasteiger partial charge in [-0.05, 0) is 67.5 Å². The number of rotatable bonds is 8. The quantitative estimate of drug-likeness (QED) is 0.728. The highest BCUT2D eigenvalue weighted by Crippen LogP contribution is 2.54. The summed E-state index contributed by atoms with van der Waals surface area (Å²) in [5.41, 5.74) is 1.12. The van der Waals surface area contributed by atoms with Crippen molar-refractivity contribution in [2.45, 2.75) is 55.0 Å². The summed E-state index contributed by atoms with van der Waals surface area (Å²) in [7, 11) is -2.76. The van der Waals surface area contributed by atoms with Crippen LogP contribution in [0.3, 0.4) is 0 Å². The van der Waals surface area contributed by atoms with E-state index in [1.54, 1.807) is 23.0 Å². The van der Waals surface area contributed by atoms with Crippen LogP contribution in [-0.2, 0) is 10.0 Å². The minimum absolute atomic E-state index is 0.0570. The maximum atomic E-state index is 12.8. The van der Waals surface area contributed by atoms with Gasteiger partial charge in [-0.2, -0.15) is 8.94 Å². The summed E-state index contributed by atoms with van der Waals surface area (Å²) in [6, 6.07) is 1.34. The zero-order valence-electron chi connectivity index (χ0n) is 11.9. The standard InChI is InChI=1S/C12H21N3O3P2S/c1-9(8-16)14-7-6-12(13-14)21(17,18)15(19-10-2-3-10)20-11-4-5-11/h6-7,9-11,16,19-20H,2-5,8H2,1H3/t9-/m0/s1. The largest absolute Gasteiger partial charge is 0.394 e. The zero-order valence-corrected chi connectivity index (χ0v) is 14.8. The lowest BCUT2D eigenvalue weighted by Gasteiger charge is -2.20. The Bertz CT molecular complexity index is 585. The molecule has 2 saturated carbocycles. The lowest BCUT2D eigenvalue weighted by atomic mass is 10.4. The van der Waals surface area contributed by atoms with E-state index in [9.17, 15) is 8.42 Å². The predicted octanol–water partition coefficient (Wildman–Crippen LogP) is 1.94. The molecule has 2 unspecified atom stereocenters. The monoisotopic (exact) mass is 349 g/mol. The molecule has 9 heteroatoms. The van der Waals surface area contributed by atoms with E-state index in [2.05, 4.69) is 5.10 Å². The second-order valence-electron chi connectivity index (χ2n) is 5.74. The first-order chi connectivity index (χ1) is 10.0. The van der Waals surface area contributed by atoms with Gasteiger partial charge in [-0.1, -0.05) is 0 Å². The second kappa shape index (κ2) is 6.21. The fourth-order valence-corrected chi connectivity index (χ4v) is 7.90. The van der Waals surface area contributed by atoms with Crippen LogP contribution in [-0.4, -0.2) is 45.1 Å². The minimum atomic E-state index is -3.49. The lowest BCUT2D eigenvalue weighted by molar-refractivity contribution is 0.228. The Morgan fingerprint density at radius 1 is 1.38 bits per heavy atom. The van der Waals surface area contributed by atoms with Gasteiger partial charge in [0.1, 0.15) is 0 Å². The van der Waals surface area contributed by atoms with Crippen molar-refractivity contribution in [3.05, 3.63) is 12.3 Å². The molecule has 3 atom stereocenters. The van der Waals surface area contributed by atoms with Crippen molar-refractivity contribution in [3.8, 4) is 0 Å². The molecule has 3 rings (SSSR count). The Morgan fingerprint density at radius 2 is 1.95 bits per heavy atom. The van der Waals surface area contributed by atoms with Gasteiger partial charge in [-0.3, -0.25) is 4.68 Å². The smallest absolute Gasteiger partial charge is 0.268 e. The molecule has 0 amide bonds. The Labute approximate surface area is 129 Å². The summed E-state index contributed by atoms with van der Waals surface area (Å²) in [4.78, 5) is 0. The average Bonchev–Trinajstić information content (AvgIpc) is 3.38. The third-order valence-electron chi connectivity index (χ3n) is 3.56. The van der Waals surface area contributed by atoms with E-state index in [4.69, 9.17) is 5.11 Å². The Kier molecular flexibility index (Phi) is 4.68. The lowest BCUT2D eigenvalue weighted by Crippen LogP contribution is -2.19. The molecule has 0 spiro atoms. The molecule has 0 bridgehead atoms. The first-order valence-electron chi connectivity index (χ1n) is 7.24. The molecule has 2 aliphatic rings. The van der Waals surface area contributed by atoms with E-state index < -0.39 is 10.0 Å². The molecule has 21 heavy (non-hydrogen) atoms. The van der Waals surface area contributed by atoms with Crippen molar-refractivity contribution in [2.24, 2.45) is 0 Å². The van der Waals surface area contributed by atoms with Gasteiger partial charge < -0.3 is 5.11 Å². The second-order valence-corrected chi connectivity index (χ2v) is 11.6. The van der Waals surface area contributed by atoms with E-state index >= 15 is 0 Å². The fraction of sp³-hybridized carbons (Fsp3) is 0.750. The third-order valence-corrected chi connectivity index (χ3v) is 9.99. The molecular weight excluding hydrogens is 328 g/mol. The molecule has 0 saturated heterocycles. The van der Waals surface area contributed by atoms with E-state index in [0.717, 1.165) is 25.7 Å². The first kappa shape index (κ1) is 15.8. The van der Waals surface area contributed by atoms with Gasteiger partial charge in [0.15, 0.2) is 5.03 Å². The average molecular weight is 349 g/mol. The van der Waals surface area contributed by atoms with E-state index in [-0.39, 0.29) is 17.7 Å². The maximum Gasteiger partial charge on any atom is 0.268 e. The number of nitrogens with zero attached hydrogens (tertiary/aromatic N) is 3. The summed E-state index contributed by atoms with van der Waals surface area (Å²) in [5.74, 6) is 0. The molecule has 0 aromatic carbocycles. The predicted molar refractivity (Wildman–Crippen MR) is 85.7 cm³/mol. The molecule has 1 aromatic rings. The molecular formula is C12H21N3O3P2S. The minimum Gasteiger partial charge on any atom is -0.394 e. The van der Waals surface area contributed by atoms with Crippen molar-refractivity contribution in [1.29, 1.82) is 0 Å².